The molecule has 1 aromatic carbocycles. The first-order chi connectivity index (χ1) is 8.11. The minimum absolute atomic E-state index is 0.0947. The van der Waals surface area contributed by atoms with Gasteiger partial charge in [0, 0.05) is 18.7 Å². The SMILES string of the molecule is N#Cc1ccc(O)c(CN2CCC(N)C2=O)c1. The highest BCUT2D eigenvalue weighted by Gasteiger charge is 2.28. The molecule has 2 rings (SSSR count). The fourth-order valence-electron chi connectivity index (χ4n) is 1.91. The average Bonchev–Trinajstić information content (AvgIpc) is 2.64. The summed E-state index contributed by atoms with van der Waals surface area (Å²) in [5.74, 6) is -0.0102. The van der Waals surface area contributed by atoms with E-state index in [0.29, 0.717) is 30.6 Å². The zero-order valence-corrected chi connectivity index (χ0v) is 9.26. The molecule has 0 aromatic heterocycles. The maximum absolute atomic E-state index is 11.6. The standard InChI is InChI=1S/C12H13N3O2/c13-6-8-1-2-11(16)9(5-8)7-15-4-3-10(14)12(15)17/h1-2,5,10,16H,3-4,7,14H2. The number of carbonyl (C=O) groups excluding carboxylic acids is 1. The van der Waals surface area contributed by atoms with Gasteiger partial charge in [-0.05, 0) is 24.6 Å². The van der Waals surface area contributed by atoms with Crippen LogP contribution in [0.15, 0.2) is 18.2 Å². The molecule has 0 radical (unpaired) electrons. The molecule has 3 N–H and O–H groups in total. The lowest BCUT2D eigenvalue weighted by molar-refractivity contribution is -0.129. The molecule has 1 saturated heterocycles. The molecule has 1 aromatic rings. The third-order valence-corrected chi connectivity index (χ3v) is 2.91. The predicted molar refractivity (Wildman–Crippen MR) is 60.8 cm³/mol. The number of amides is 1. The van der Waals surface area contributed by atoms with E-state index in [1.54, 1.807) is 11.0 Å². The predicted octanol–water partition coefficient (Wildman–Crippen LogP) is 0.323. The van der Waals surface area contributed by atoms with Crippen LogP contribution >= 0.6 is 0 Å². The van der Waals surface area contributed by atoms with Crippen LogP contribution in [0.1, 0.15) is 17.5 Å². The summed E-state index contributed by atoms with van der Waals surface area (Å²) in [4.78, 5) is 13.2. The second kappa shape index (κ2) is 4.44. The van der Waals surface area contributed by atoms with E-state index in [4.69, 9.17) is 11.0 Å². The highest BCUT2D eigenvalue weighted by atomic mass is 16.3. The van der Waals surface area contributed by atoms with Crippen LogP contribution in [0.4, 0.5) is 0 Å². The Hall–Kier alpha value is -2.06. The minimum Gasteiger partial charge on any atom is -0.508 e. The molecule has 1 fully saturated rings. The molecule has 5 nitrogen and oxygen atoms in total. The van der Waals surface area contributed by atoms with E-state index >= 15 is 0 Å². The van der Waals surface area contributed by atoms with Gasteiger partial charge in [-0.3, -0.25) is 4.79 Å². The molecule has 88 valence electrons. The van der Waals surface area contributed by atoms with Crippen molar-refractivity contribution in [2.24, 2.45) is 5.73 Å². The third-order valence-electron chi connectivity index (χ3n) is 2.91. The number of hydrogen-bond donors (Lipinski definition) is 2. The molecule has 0 aliphatic carbocycles. The van der Waals surface area contributed by atoms with Crippen LogP contribution in [0.2, 0.25) is 0 Å². The Morgan fingerprint density at radius 1 is 1.59 bits per heavy atom. The van der Waals surface area contributed by atoms with Crippen molar-refractivity contribution in [1.82, 2.24) is 4.90 Å². The lowest BCUT2D eigenvalue weighted by Gasteiger charge is -2.16. The van der Waals surface area contributed by atoms with Gasteiger partial charge in [-0.15, -0.1) is 0 Å². The summed E-state index contributed by atoms with van der Waals surface area (Å²) in [6, 6.07) is 6.16. The van der Waals surface area contributed by atoms with Crippen LogP contribution in [0.5, 0.6) is 5.75 Å². The number of rotatable bonds is 2. The molecule has 0 spiro atoms. The van der Waals surface area contributed by atoms with Crippen LogP contribution in [0.3, 0.4) is 0 Å². The first kappa shape index (κ1) is 11.4. The normalized spacial score (nSPS) is 19.4. The molecule has 17 heavy (non-hydrogen) atoms. The number of nitriles is 1. The molecule has 5 heteroatoms. The maximum Gasteiger partial charge on any atom is 0.239 e. The summed E-state index contributed by atoms with van der Waals surface area (Å²) in [5.41, 5.74) is 6.65. The third kappa shape index (κ3) is 2.22. The van der Waals surface area contributed by atoms with E-state index in [-0.39, 0.29) is 11.7 Å². The van der Waals surface area contributed by atoms with Gasteiger partial charge < -0.3 is 15.7 Å². The minimum atomic E-state index is -0.434. The first-order valence-electron chi connectivity index (χ1n) is 5.38. The van der Waals surface area contributed by atoms with Gasteiger partial charge in [0.25, 0.3) is 0 Å². The quantitative estimate of drug-likeness (QED) is 0.767. The van der Waals surface area contributed by atoms with Crippen LogP contribution < -0.4 is 5.73 Å². The summed E-state index contributed by atoms with van der Waals surface area (Å²) < 4.78 is 0. The summed E-state index contributed by atoms with van der Waals surface area (Å²) in [6.45, 7) is 0.893. The number of phenols is 1. The molecule has 1 atom stereocenters. The molecule has 0 bridgehead atoms. The Labute approximate surface area is 99.1 Å². The smallest absolute Gasteiger partial charge is 0.239 e. The summed E-state index contributed by atoms with van der Waals surface area (Å²) in [6.07, 6.45) is 0.636. The number of hydrogen-bond acceptors (Lipinski definition) is 4. The molecule has 1 heterocycles. The Kier molecular flexibility index (Phi) is 2.98. The van der Waals surface area contributed by atoms with Crippen molar-refractivity contribution < 1.29 is 9.90 Å². The zero-order chi connectivity index (χ0) is 12.4. The maximum atomic E-state index is 11.6. The Bertz CT molecular complexity index is 493. The van der Waals surface area contributed by atoms with Gasteiger partial charge in [-0.25, -0.2) is 0 Å². The Morgan fingerprint density at radius 2 is 2.35 bits per heavy atom. The van der Waals surface area contributed by atoms with Crippen molar-refractivity contribution in [2.75, 3.05) is 6.54 Å². The van der Waals surface area contributed by atoms with Crippen LogP contribution in [-0.4, -0.2) is 28.5 Å². The van der Waals surface area contributed by atoms with E-state index in [2.05, 4.69) is 0 Å². The molecule has 1 aliphatic rings. The number of aromatic hydroxyl groups is 1. The van der Waals surface area contributed by atoms with Crippen molar-refractivity contribution in [3.8, 4) is 11.8 Å². The number of nitrogens with zero attached hydrogens (tertiary/aromatic N) is 2. The monoisotopic (exact) mass is 231 g/mol. The van der Waals surface area contributed by atoms with Crippen molar-refractivity contribution in [1.29, 1.82) is 5.26 Å². The Morgan fingerprint density at radius 3 is 2.94 bits per heavy atom. The summed E-state index contributed by atoms with van der Waals surface area (Å²) >= 11 is 0. The number of carbonyl (C=O) groups is 1. The van der Waals surface area contributed by atoms with Gasteiger partial charge in [0.15, 0.2) is 0 Å². The molecule has 1 aliphatic heterocycles. The van der Waals surface area contributed by atoms with E-state index < -0.39 is 6.04 Å². The average molecular weight is 231 g/mol. The highest BCUT2D eigenvalue weighted by Crippen LogP contribution is 2.22. The van der Waals surface area contributed by atoms with Gasteiger partial charge in [0.05, 0.1) is 17.7 Å². The van der Waals surface area contributed by atoms with Gasteiger partial charge >= 0.3 is 0 Å². The number of nitrogens with two attached hydrogens (primary N) is 1. The summed E-state index contributed by atoms with van der Waals surface area (Å²) in [5, 5.41) is 18.4. The second-order valence-corrected chi connectivity index (χ2v) is 4.11. The van der Waals surface area contributed by atoms with E-state index in [1.165, 1.54) is 12.1 Å². The van der Waals surface area contributed by atoms with E-state index in [9.17, 15) is 9.90 Å². The van der Waals surface area contributed by atoms with Gasteiger partial charge in [0.1, 0.15) is 5.75 Å². The number of phenolic OH excluding ortho intramolecular Hbond substituents is 1. The zero-order valence-electron chi connectivity index (χ0n) is 9.26. The van der Waals surface area contributed by atoms with E-state index in [1.807, 2.05) is 6.07 Å². The summed E-state index contributed by atoms with van der Waals surface area (Å²) in [7, 11) is 0. The topological polar surface area (TPSA) is 90.3 Å². The van der Waals surface area contributed by atoms with Crippen molar-refractivity contribution in [3.63, 3.8) is 0 Å². The molecule has 0 saturated carbocycles. The largest absolute Gasteiger partial charge is 0.508 e. The molecular weight excluding hydrogens is 218 g/mol. The fraction of sp³-hybridized carbons (Fsp3) is 0.333. The van der Waals surface area contributed by atoms with Gasteiger partial charge in [-0.2, -0.15) is 5.26 Å². The lowest BCUT2D eigenvalue weighted by atomic mass is 10.1. The van der Waals surface area contributed by atoms with Crippen molar-refractivity contribution >= 4 is 5.91 Å². The second-order valence-electron chi connectivity index (χ2n) is 4.11. The van der Waals surface area contributed by atoms with Crippen molar-refractivity contribution in [3.05, 3.63) is 29.3 Å². The number of likely N-dealkylation sites (tertiary alicyclic amines) is 1. The Balaban J connectivity index is 2.19. The van der Waals surface area contributed by atoms with Gasteiger partial charge in [-0.1, -0.05) is 0 Å². The first-order valence-corrected chi connectivity index (χ1v) is 5.38. The van der Waals surface area contributed by atoms with E-state index in [0.717, 1.165) is 0 Å². The number of benzene rings is 1. The van der Waals surface area contributed by atoms with Crippen molar-refractivity contribution in [2.45, 2.75) is 19.0 Å². The molecular formula is C12H13N3O2. The molecule has 1 amide bonds. The molecule has 1 unspecified atom stereocenters. The van der Waals surface area contributed by atoms with Gasteiger partial charge in [0.2, 0.25) is 5.91 Å². The van der Waals surface area contributed by atoms with Crippen LogP contribution in [0.25, 0.3) is 0 Å². The lowest BCUT2D eigenvalue weighted by Crippen LogP contribution is -2.33. The fourth-order valence-corrected chi connectivity index (χ4v) is 1.91. The highest BCUT2D eigenvalue weighted by molar-refractivity contribution is 5.83. The van der Waals surface area contributed by atoms with Crippen LogP contribution in [0, 0.1) is 11.3 Å². The van der Waals surface area contributed by atoms with Crippen LogP contribution in [-0.2, 0) is 11.3 Å².